The van der Waals surface area contributed by atoms with Crippen molar-refractivity contribution in [1.82, 2.24) is 5.32 Å². The van der Waals surface area contributed by atoms with E-state index in [-0.39, 0.29) is 18.2 Å². The van der Waals surface area contributed by atoms with Gasteiger partial charge in [-0.15, -0.1) is 0 Å². The van der Waals surface area contributed by atoms with Crippen molar-refractivity contribution in [3.63, 3.8) is 0 Å². The molecular weight excluding hydrogens is 344 g/mol. The topological polar surface area (TPSA) is 95.5 Å². The lowest BCUT2D eigenvalue weighted by Crippen LogP contribution is -2.43. The van der Waals surface area contributed by atoms with Crippen molar-refractivity contribution < 1.29 is 19.5 Å². The van der Waals surface area contributed by atoms with Gasteiger partial charge in [0.05, 0.1) is 0 Å². The average molecular weight is 368 g/mol. The number of hydrogen-bond acceptors (Lipinski definition) is 3. The fourth-order valence-corrected chi connectivity index (χ4v) is 2.54. The van der Waals surface area contributed by atoms with Crippen LogP contribution in [0.5, 0.6) is 0 Å². The van der Waals surface area contributed by atoms with Crippen LogP contribution in [-0.2, 0) is 4.79 Å². The molecule has 0 atom stereocenters. The third kappa shape index (κ3) is 5.95. The quantitative estimate of drug-likeness (QED) is 0.695. The lowest BCUT2D eigenvalue weighted by molar-refractivity contribution is -0.137. The highest BCUT2D eigenvalue weighted by atomic mass is 16.4. The van der Waals surface area contributed by atoms with E-state index in [0.29, 0.717) is 23.2 Å². The number of aliphatic carboxylic acids is 1. The van der Waals surface area contributed by atoms with Gasteiger partial charge in [-0.05, 0) is 57.0 Å². The Morgan fingerprint density at radius 1 is 0.963 bits per heavy atom. The van der Waals surface area contributed by atoms with E-state index in [9.17, 15) is 14.4 Å². The minimum Gasteiger partial charge on any atom is -0.481 e. The molecule has 0 radical (unpaired) electrons. The SMILES string of the molecule is Cc1ccc(C(=O)NC(C)(C)CCC(=O)O)cc1NC(=O)c1ccccc1. The number of aryl methyl sites for hydroxylation is 1. The molecule has 0 spiro atoms. The van der Waals surface area contributed by atoms with Crippen molar-refractivity contribution in [3.8, 4) is 0 Å². The Balaban J connectivity index is 2.13. The summed E-state index contributed by atoms with van der Waals surface area (Å²) in [5.41, 5.74) is 1.66. The van der Waals surface area contributed by atoms with Gasteiger partial charge in [-0.2, -0.15) is 0 Å². The van der Waals surface area contributed by atoms with Crippen molar-refractivity contribution in [1.29, 1.82) is 0 Å². The fraction of sp³-hybridized carbons (Fsp3) is 0.286. The molecule has 6 heteroatoms. The van der Waals surface area contributed by atoms with Crippen LogP contribution in [0, 0.1) is 6.92 Å². The van der Waals surface area contributed by atoms with Crippen molar-refractivity contribution in [2.75, 3.05) is 5.32 Å². The highest BCUT2D eigenvalue weighted by molar-refractivity contribution is 6.05. The molecule has 0 bridgehead atoms. The maximum atomic E-state index is 12.6. The largest absolute Gasteiger partial charge is 0.481 e. The maximum Gasteiger partial charge on any atom is 0.303 e. The highest BCUT2D eigenvalue weighted by Gasteiger charge is 2.22. The monoisotopic (exact) mass is 368 g/mol. The third-order valence-electron chi connectivity index (χ3n) is 4.20. The van der Waals surface area contributed by atoms with E-state index in [4.69, 9.17) is 5.11 Å². The first-order valence-corrected chi connectivity index (χ1v) is 8.69. The number of carboxylic acids is 1. The molecule has 0 heterocycles. The van der Waals surface area contributed by atoms with Crippen LogP contribution in [0.4, 0.5) is 5.69 Å². The molecule has 0 aromatic heterocycles. The molecule has 0 aliphatic rings. The van der Waals surface area contributed by atoms with E-state index in [1.165, 1.54) is 0 Å². The van der Waals surface area contributed by atoms with Gasteiger partial charge in [0.2, 0.25) is 0 Å². The van der Waals surface area contributed by atoms with E-state index < -0.39 is 11.5 Å². The predicted molar refractivity (Wildman–Crippen MR) is 104 cm³/mol. The van der Waals surface area contributed by atoms with Crippen molar-refractivity contribution in [2.24, 2.45) is 0 Å². The summed E-state index contributed by atoms with van der Waals surface area (Å²) < 4.78 is 0. The van der Waals surface area contributed by atoms with Gasteiger partial charge in [0.25, 0.3) is 11.8 Å². The van der Waals surface area contributed by atoms with E-state index >= 15 is 0 Å². The second-order valence-corrected chi connectivity index (χ2v) is 7.08. The standard InChI is InChI=1S/C21H24N2O4/c1-14-9-10-16(20(27)23-21(2,3)12-11-18(24)25)13-17(14)22-19(26)15-7-5-4-6-8-15/h4-10,13H,11-12H2,1-3H3,(H,22,26)(H,23,27)(H,24,25). The van der Waals surface area contributed by atoms with Crippen molar-refractivity contribution in [3.05, 3.63) is 65.2 Å². The fourth-order valence-electron chi connectivity index (χ4n) is 2.54. The van der Waals surface area contributed by atoms with Crippen LogP contribution in [-0.4, -0.2) is 28.4 Å². The molecular formula is C21H24N2O4. The number of benzene rings is 2. The minimum atomic E-state index is -0.904. The third-order valence-corrected chi connectivity index (χ3v) is 4.20. The van der Waals surface area contributed by atoms with Gasteiger partial charge < -0.3 is 15.7 Å². The normalized spacial score (nSPS) is 10.9. The molecule has 142 valence electrons. The smallest absolute Gasteiger partial charge is 0.303 e. The number of carbonyl (C=O) groups excluding carboxylic acids is 2. The summed E-state index contributed by atoms with van der Waals surface area (Å²) in [6.07, 6.45) is 0.289. The van der Waals surface area contributed by atoms with Crippen LogP contribution in [0.25, 0.3) is 0 Å². The Labute approximate surface area is 158 Å². The van der Waals surface area contributed by atoms with E-state index in [0.717, 1.165) is 5.56 Å². The molecule has 0 aliphatic heterocycles. The van der Waals surface area contributed by atoms with Gasteiger partial charge in [-0.25, -0.2) is 0 Å². The van der Waals surface area contributed by atoms with Crippen molar-refractivity contribution >= 4 is 23.5 Å². The summed E-state index contributed by atoms with van der Waals surface area (Å²) in [6, 6.07) is 13.9. The van der Waals surface area contributed by atoms with Crippen LogP contribution in [0.3, 0.4) is 0 Å². The Morgan fingerprint density at radius 2 is 1.63 bits per heavy atom. The van der Waals surface area contributed by atoms with Crippen LogP contribution >= 0.6 is 0 Å². The summed E-state index contributed by atoms with van der Waals surface area (Å²) >= 11 is 0. The first-order valence-electron chi connectivity index (χ1n) is 8.69. The Bertz CT molecular complexity index is 845. The Morgan fingerprint density at radius 3 is 2.26 bits per heavy atom. The minimum absolute atomic E-state index is 0.0282. The molecule has 0 fully saturated rings. The summed E-state index contributed by atoms with van der Waals surface area (Å²) in [4.78, 5) is 35.7. The molecule has 27 heavy (non-hydrogen) atoms. The average Bonchev–Trinajstić information content (AvgIpc) is 2.62. The van der Waals surface area contributed by atoms with Gasteiger partial charge in [-0.3, -0.25) is 14.4 Å². The highest BCUT2D eigenvalue weighted by Crippen LogP contribution is 2.19. The van der Waals surface area contributed by atoms with Crippen LogP contribution < -0.4 is 10.6 Å². The maximum absolute atomic E-state index is 12.6. The number of amides is 2. The molecule has 6 nitrogen and oxygen atoms in total. The van der Waals surface area contributed by atoms with E-state index in [1.807, 2.05) is 13.0 Å². The summed E-state index contributed by atoms with van der Waals surface area (Å²) in [5, 5.41) is 14.5. The van der Waals surface area contributed by atoms with Crippen LogP contribution in [0.1, 0.15) is 53.0 Å². The van der Waals surface area contributed by atoms with Gasteiger partial charge >= 0.3 is 5.97 Å². The van der Waals surface area contributed by atoms with E-state index in [2.05, 4.69) is 10.6 Å². The lowest BCUT2D eigenvalue weighted by Gasteiger charge is -2.26. The number of hydrogen-bond donors (Lipinski definition) is 3. The summed E-state index contributed by atoms with van der Waals surface area (Å²) in [6.45, 7) is 5.40. The zero-order chi connectivity index (χ0) is 20.0. The van der Waals surface area contributed by atoms with Gasteiger partial charge in [0.15, 0.2) is 0 Å². The number of rotatable bonds is 7. The first kappa shape index (κ1) is 20.2. The number of carbonyl (C=O) groups is 3. The first-order chi connectivity index (χ1) is 12.7. The molecule has 2 rings (SSSR count). The molecule has 2 amide bonds. The van der Waals surface area contributed by atoms with Crippen LogP contribution in [0.15, 0.2) is 48.5 Å². The van der Waals surface area contributed by atoms with Crippen LogP contribution in [0.2, 0.25) is 0 Å². The molecule has 0 aliphatic carbocycles. The second kappa shape index (κ2) is 8.49. The van der Waals surface area contributed by atoms with Gasteiger partial charge in [0.1, 0.15) is 0 Å². The Kier molecular flexibility index (Phi) is 6.34. The Hall–Kier alpha value is -3.15. The van der Waals surface area contributed by atoms with Gasteiger partial charge in [0, 0.05) is 28.8 Å². The molecule has 0 saturated heterocycles. The number of nitrogens with one attached hydrogen (secondary N) is 2. The molecule has 2 aromatic rings. The molecule has 0 saturated carbocycles. The summed E-state index contributed by atoms with van der Waals surface area (Å²) in [7, 11) is 0. The predicted octanol–water partition coefficient (Wildman–Crippen LogP) is 3.62. The molecule has 3 N–H and O–H groups in total. The number of anilines is 1. The molecule has 2 aromatic carbocycles. The van der Waals surface area contributed by atoms with E-state index in [1.54, 1.807) is 56.3 Å². The summed E-state index contributed by atoms with van der Waals surface area (Å²) in [5.74, 6) is -1.47. The second-order valence-electron chi connectivity index (χ2n) is 7.08. The molecule has 0 unspecified atom stereocenters. The van der Waals surface area contributed by atoms with Gasteiger partial charge in [-0.1, -0.05) is 24.3 Å². The lowest BCUT2D eigenvalue weighted by atomic mass is 9.97. The zero-order valence-electron chi connectivity index (χ0n) is 15.7. The number of carboxylic acid groups (broad SMARTS) is 1. The zero-order valence-corrected chi connectivity index (χ0v) is 15.7. The van der Waals surface area contributed by atoms with Crippen molar-refractivity contribution in [2.45, 2.75) is 39.2 Å².